The van der Waals surface area contributed by atoms with E-state index in [0.29, 0.717) is 17.2 Å². The van der Waals surface area contributed by atoms with Crippen molar-refractivity contribution in [3.05, 3.63) is 99.6 Å². The molecule has 0 aliphatic heterocycles. The van der Waals surface area contributed by atoms with Crippen LogP contribution in [0.4, 0.5) is 5.69 Å². The van der Waals surface area contributed by atoms with Gasteiger partial charge >= 0.3 is 5.97 Å². The van der Waals surface area contributed by atoms with Gasteiger partial charge in [0.1, 0.15) is 17.2 Å². The van der Waals surface area contributed by atoms with Gasteiger partial charge in [0.2, 0.25) is 0 Å². The van der Waals surface area contributed by atoms with Gasteiger partial charge in [0.05, 0.1) is 4.92 Å². The molecule has 7 nitrogen and oxygen atoms in total. The summed E-state index contributed by atoms with van der Waals surface area (Å²) in [7, 11) is 0. The third-order valence-electron chi connectivity index (χ3n) is 4.08. The fraction of sp³-hybridized carbons (Fsp3) is 0.0909. The Bertz CT molecular complexity index is 1060. The van der Waals surface area contributed by atoms with Crippen LogP contribution in [0.25, 0.3) is 0 Å². The number of oxime groups is 1. The number of benzene rings is 3. The second-order valence-electron chi connectivity index (χ2n) is 6.22. The Morgan fingerprint density at radius 3 is 2.07 bits per heavy atom. The molecule has 7 heteroatoms. The van der Waals surface area contributed by atoms with Crippen LogP contribution in [-0.2, 0) is 9.63 Å². The van der Waals surface area contributed by atoms with Crippen LogP contribution in [0.1, 0.15) is 23.6 Å². The van der Waals surface area contributed by atoms with Crippen molar-refractivity contribution in [2.24, 2.45) is 5.16 Å². The van der Waals surface area contributed by atoms with Crippen LogP contribution in [0.3, 0.4) is 0 Å². The van der Waals surface area contributed by atoms with Gasteiger partial charge in [-0.15, -0.1) is 0 Å². The van der Waals surface area contributed by atoms with Crippen LogP contribution >= 0.6 is 0 Å². The lowest BCUT2D eigenvalue weighted by Gasteiger charge is -2.11. The first-order valence-electron chi connectivity index (χ1n) is 8.78. The average molecular weight is 390 g/mol. The Balaban J connectivity index is 1.85. The molecule has 0 aliphatic carbocycles. The summed E-state index contributed by atoms with van der Waals surface area (Å²) in [4.78, 5) is 26.4. The smallest absolute Gasteiger partial charge is 0.332 e. The number of rotatable bonds is 6. The third kappa shape index (κ3) is 5.04. The number of hydrogen-bond acceptors (Lipinski definition) is 6. The van der Waals surface area contributed by atoms with Crippen LogP contribution in [0, 0.1) is 17.0 Å². The highest BCUT2D eigenvalue weighted by Gasteiger charge is 2.12. The fourth-order valence-corrected chi connectivity index (χ4v) is 2.66. The number of ether oxygens (including phenoxy) is 1. The van der Waals surface area contributed by atoms with Gasteiger partial charge in [-0.3, -0.25) is 10.1 Å². The van der Waals surface area contributed by atoms with Crippen molar-refractivity contribution in [1.29, 1.82) is 0 Å². The highest BCUT2D eigenvalue weighted by atomic mass is 16.7. The Morgan fingerprint density at radius 2 is 1.52 bits per heavy atom. The van der Waals surface area contributed by atoms with Gasteiger partial charge in [0, 0.05) is 30.2 Å². The molecular weight excluding hydrogens is 372 g/mol. The average Bonchev–Trinajstić information content (AvgIpc) is 2.71. The SMILES string of the molecule is CC(=O)O/N=C(/c1ccc(Oc2ccc([N+](=O)[O-])cc2)cc1)c1ccccc1C. The molecule has 0 amide bonds. The van der Waals surface area contributed by atoms with E-state index in [2.05, 4.69) is 5.16 Å². The number of non-ortho nitro benzene ring substituents is 1. The summed E-state index contributed by atoms with van der Waals surface area (Å²) in [5.74, 6) is 0.532. The molecule has 146 valence electrons. The minimum absolute atomic E-state index is 0.00254. The zero-order chi connectivity index (χ0) is 20.8. The van der Waals surface area contributed by atoms with Crippen LogP contribution in [0.5, 0.6) is 11.5 Å². The topological polar surface area (TPSA) is 91.0 Å². The van der Waals surface area contributed by atoms with Crippen molar-refractivity contribution in [1.82, 2.24) is 0 Å². The molecule has 0 radical (unpaired) electrons. The molecule has 0 fully saturated rings. The maximum absolute atomic E-state index is 11.2. The normalized spacial score (nSPS) is 11.0. The van der Waals surface area contributed by atoms with E-state index in [-0.39, 0.29) is 5.69 Å². The van der Waals surface area contributed by atoms with E-state index in [1.807, 2.05) is 31.2 Å². The molecule has 0 atom stereocenters. The first-order valence-corrected chi connectivity index (χ1v) is 8.78. The Hall–Kier alpha value is -4.00. The third-order valence-corrected chi connectivity index (χ3v) is 4.08. The largest absolute Gasteiger partial charge is 0.457 e. The number of carbonyl (C=O) groups excluding carboxylic acids is 1. The summed E-state index contributed by atoms with van der Waals surface area (Å²) in [6.07, 6.45) is 0. The number of aryl methyl sites for hydroxylation is 1. The van der Waals surface area contributed by atoms with Crippen molar-refractivity contribution < 1.29 is 19.3 Å². The van der Waals surface area contributed by atoms with E-state index in [4.69, 9.17) is 9.57 Å². The second-order valence-corrected chi connectivity index (χ2v) is 6.22. The molecule has 0 bridgehead atoms. The zero-order valence-corrected chi connectivity index (χ0v) is 15.9. The molecule has 0 heterocycles. The minimum atomic E-state index is -0.505. The summed E-state index contributed by atoms with van der Waals surface area (Å²) in [5, 5.41) is 14.8. The fourth-order valence-electron chi connectivity index (χ4n) is 2.66. The van der Waals surface area contributed by atoms with Gasteiger partial charge in [0.25, 0.3) is 5.69 Å². The lowest BCUT2D eigenvalue weighted by atomic mass is 9.98. The first kappa shape index (κ1) is 19.8. The van der Waals surface area contributed by atoms with Crippen molar-refractivity contribution in [3.8, 4) is 11.5 Å². The van der Waals surface area contributed by atoms with Gasteiger partial charge < -0.3 is 9.57 Å². The lowest BCUT2D eigenvalue weighted by molar-refractivity contribution is -0.384. The number of nitro benzene ring substituents is 1. The highest BCUT2D eigenvalue weighted by Crippen LogP contribution is 2.25. The van der Waals surface area contributed by atoms with E-state index >= 15 is 0 Å². The van der Waals surface area contributed by atoms with E-state index in [0.717, 1.165) is 16.7 Å². The molecule has 3 aromatic rings. The summed E-state index contributed by atoms with van der Waals surface area (Å²) >= 11 is 0. The van der Waals surface area contributed by atoms with Gasteiger partial charge in [-0.05, 0) is 48.9 Å². The summed E-state index contributed by atoms with van der Waals surface area (Å²) in [6, 6.07) is 20.6. The van der Waals surface area contributed by atoms with Gasteiger partial charge in [-0.2, -0.15) is 0 Å². The Labute approximate surface area is 167 Å². The molecule has 0 N–H and O–H groups in total. The predicted molar refractivity (Wildman–Crippen MR) is 108 cm³/mol. The highest BCUT2D eigenvalue weighted by molar-refractivity contribution is 6.13. The molecule has 3 rings (SSSR count). The van der Waals surface area contributed by atoms with Crippen LogP contribution in [-0.4, -0.2) is 16.6 Å². The van der Waals surface area contributed by atoms with E-state index in [1.165, 1.54) is 31.2 Å². The van der Waals surface area contributed by atoms with Crippen molar-refractivity contribution in [2.45, 2.75) is 13.8 Å². The second kappa shape index (κ2) is 8.79. The van der Waals surface area contributed by atoms with Crippen molar-refractivity contribution >= 4 is 17.4 Å². The summed E-state index contributed by atoms with van der Waals surface area (Å²) in [5.41, 5.74) is 3.11. The maximum Gasteiger partial charge on any atom is 0.332 e. The molecule has 0 spiro atoms. The van der Waals surface area contributed by atoms with E-state index in [1.54, 1.807) is 24.3 Å². The molecule has 0 saturated heterocycles. The maximum atomic E-state index is 11.2. The zero-order valence-electron chi connectivity index (χ0n) is 15.9. The van der Waals surface area contributed by atoms with Crippen molar-refractivity contribution in [2.75, 3.05) is 0 Å². The van der Waals surface area contributed by atoms with Gasteiger partial charge in [-0.1, -0.05) is 29.4 Å². The lowest BCUT2D eigenvalue weighted by Crippen LogP contribution is -2.07. The molecular formula is C22H18N2O5. The van der Waals surface area contributed by atoms with E-state index in [9.17, 15) is 14.9 Å². The van der Waals surface area contributed by atoms with Crippen molar-refractivity contribution in [3.63, 3.8) is 0 Å². The minimum Gasteiger partial charge on any atom is -0.457 e. The van der Waals surface area contributed by atoms with Gasteiger partial charge in [-0.25, -0.2) is 4.79 Å². The first-order chi connectivity index (χ1) is 13.9. The monoisotopic (exact) mass is 390 g/mol. The summed E-state index contributed by atoms with van der Waals surface area (Å²) in [6.45, 7) is 3.24. The summed E-state index contributed by atoms with van der Waals surface area (Å²) < 4.78 is 5.73. The molecule has 0 unspecified atom stereocenters. The molecule has 0 aliphatic rings. The van der Waals surface area contributed by atoms with E-state index < -0.39 is 10.9 Å². The Kier molecular flexibility index (Phi) is 5.99. The van der Waals surface area contributed by atoms with Crippen LogP contribution in [0.15, 0.2) is 78.0 Å². The predicted octanol–water partition coefficient (Wildman–Crippen LogP) is 5.01. The number of nitro groups is 1. The molecule has 0 aromatic heterocycles. The Morgan fingerprint density at radius 1 is 0.931 bits per heavy atom. The molecule has 29 heavy (non-hydrogen) atoms. The number of nitrogens with zero attached hydrogens (tertiary/aromatic N) is 2. The quantitative estimate of drug-likeness (QED) is 0.255. The van der Waals surface area contributed by atoms with Gasteiger partial charge in [0.15, 0.2) is 0 Å². The molecule has 0 saturated carbocycles. The number of hydrogen-bond donors (Lipinski definition) is 0. The van der Waals surface area contributed by atoms with Crippen LogP contribution in [0.2, 0.25) is 0 Å². The van der Waals surface area contributed by atoms with Crippen LogP contribution < -0.4 is 4.74 Å². The number of carbonyl (C=O) groups is 1. The standard InChI is InChI=1S/C22H18N2O5/c1-15-5-3-4-6-21(15)22(23-29-16(2)25)17-7-11-19(12-8-17)28-20-13-9-18(10-14-20)24(26)27/h3-14H,1-2H3/b23-22-. The molecule has 3 aromatic carbocycles.